The topological polar surface area (TPSA) is 124 Å². The second kappa shape index (κ2) is 4.82. The highest BCUT2D eigenvalue weighted by atomic mass is 32.2. The number of hydrogen-bond acceptors (Lipinski definition) is 7. The van der Waals surface area contributed by atoms with Crippen LogP contribution in [0.2, 0.25) is 0 Å². The molecule has 0 unspecified atom stereocenters. The summed E-state index contributed by atoms with van der Waals surface area (Å²) in [6.07, 6.45) is 0.369. The normalized spacial score (nSPS) is 11.2. The van der Waals surface area contributed by atoms with Crippen LogP contribution in [0.15, 0.2) is 0 Å². The Bertz CT molecular complexity index is 559. The maximum absolute atomic E-state index is 11.4. The Kier molecular flexibility index (Phi) is 3.86. The molecule has 94 valence electrons. The van der Waals surface area contributed by atoms with Gasteiger partial charge in [-0.2, -0.15) is 8.42 Å². The Morgan fingerprint density at radius 3 is 2.59 bits per heavy atom. The molecule has 9 heteroatoms. The molecule has 0 aromatic carbocycles. The van der Waals surface area contributed by atoms with Gasteiger partial charge in [0.15, 0.2) is 6.29 Å². The fourth-order valence-corrected chi connectivity index (χ4v) is 2.90. The summed E-state index contributed by atoms with van der Waals surface area (Å²) >= 11 is 0.759. The van der Waals surface area contributed by atoms with Crippen molar-refractivity contribution in [2.24, 2.45) is 0 Å². The summed E-state index contributed by atoms with van der Waals surface area (Å²) in [5.74, 6) is -1.72. The van der Waals surface area contributed by atoms with Crippen LogP contribution in [0.1, 0.15) is 25.6 Å². The summed E-state index contributed by atoms with van der Waals surface area (Å²) in [6, 6.07) is 0. The lowest BCUT2D eigenvalue weighted by molar-refractivity contribution is 0.0601. The lowest BCUT2D eigenvalue weighted by Gasteiger charge is -2.02. The maximum Gasteiger partial charge on any atom is 0.341 e. The number of anilines is 1. The van der Waals surface area contributed by atoms with Crippen LogP contribution in [0.5, 0.6) is 0 Å². The lowest BCUT2D eigenvalue weighted by atomic mass is 10.1. The molecule has 1 aromatic heterocycles. The summed E-state index contributed by atoms with van der Waals surface area (Å²) in [4.78, 5) is 22.1. The van der Waals surface area contributed by atoms with E-state index >= 15 is 0 Å². The number of ether oxygens (including phenoxy) is 1. The molecule has 0 radical (unpaired) electrons. The fraction of sp³-hybridized carbons (Fsp3) is 0.250. The zero-order valence-corrected chi connectivity index (χ0v) is 10.3. The van der Waals surface area contributed by atoms with E-state index in [4.69, 9.17) is 10.3 Å². The third-order valence-electron chi connectivity index (χ3n) is 1.89. The third-order valence-corrected chi connectivity index (χ3v) is 3.53. The van der Waals surface area contributed by atoms with E-state index < -0.39 is 21.8 Å². The predicted octanol–water partition coefficient (Wildman–Crippen LogP) is 0.317. The standard InChI is InChI=1S/C8H9NO6S2/c1-15-8(11)6-4(3-17(12,13)14)5(2-10)16-7(6)9/h2H,3,9H2,1H3,(H,12,13,14). The van der Waals surface area contributed by atoms with E-state index in [-0.39, 0.29) is 21.0 Å². The Morgan fingerprint density at radius 1 is 1.59 bits per heavy atom. The number of thiophene rings is 1. The first kappa shape index (κ1) is 13.6. The fourth-order valence-electron chi connectivity index (χ4n) is 1.25. The van der Waals surface area contributed by atoms with Crippen LogP contribution in [0.4, 0.5) is 5.00 Å². The van der Waals surface area contributed by atoms with Crippen molar-refractivity contribution in [3.63, 3.8) is 0 Å². The smallest absolute Gasteiger partial charge is 0.341 e. The Morgan fingerprint density at radius 2 is 2.18 bits per heavy atom. The number of esters is 1. The molecule has 0 saturated carbocycles. The Labute approximate surface area is 101 Å². The van der Waals surface area contributed by atoms with Crippen molar-refractivity contribution in [1.82, 2.24) is 0 Å². The van der Waals surface area contributed by atoms with Gasteiger partial charge in [0.1, 0.15) is 10.8 Å². The molecule has 0 aliphatic rings. The second-order valence-corrected chi connectivity index (χ2v) is 5.56. The summed E-state index contributed by atoms with van der Waals surface area (Å²) in [5.41, 5.74) is 5.16. The van der Waals surface area contributed by atoms with Crippen molar-refractivity contribution in [2.45, 2.75) is 5.75 Å². The van der Waals surface area contributed by atoms with Gasteiger partial charge in [0.05, 0.1) is 17.6 Å². The Hall–Kier alpha value is -1.45. The van der Waals surface area contributed by atoms with Crippen molar-refractivity contribution >= 4 is 38.7 Å². The molecule has 3 N–H and O–H groups in total. The van der Waals surface area contributed by atoms with Crippen molar-refractivity contribution in [3.8, 4) is 0 Å². The zero-order valence-electron chi connectivity index (χ0n) is 8.67. The predicted molar refractivity (Wildman–Crippen MR) is 60.7 cm³/mol. The minimum absolute atomic E-state index is 0.0273. The van der Waals surface area contributed by atoms with Crippen molar-refractivity contribution in [1.29, 1.82) is 0 Å². The zero-order chi connectivity index (χ0) is 13.2. The average molecular weight is 279 g/mol. The minimum atomic E-state index is -4.38. The summed E-state index contributed by atoms with van der Waals surface area (Å²) in [6.45, 7) is 0. The molecule has 0 fully saturated rings. The number of carbonyl (C=O) groups excluding carboxylic acids is 2. The number of nitrogen functional groups attached to an aromatic ring is 1. The molecule has 0 aliphatic heterocycles. The van der Waals surface area contributed by atoms with Gasteiger partial charge in [-0.05, 0) is 0 Å². The highest BCUT2D eigenvalue weighted by molar-refractivity contribution is 7.85. The van der Waals surface area contributed by atoms with Gasteiger partial charge in [0.25, 0.3) is 10.1 Å². The van der Waals surface area contributed by atoms with Gasteiger partial charge in [-0.1, -0.05) is 0 Å². The molecule has 0 atom stereocenters. The lowest BCUT2D eigenvalue weighted by Crippen LogP contribution is -2.10. The molecule has 1 heterocycles. The SMILES string of the molecule is COC(=O)c1c(N)sc(C=O)c1CS(=O)(=O)O. The molecule has 0 amide bonds. The van der Waals surface area contributed by atoms with Crippen LogP contribution in [0.25, 0.3) is 0 Å². The van der Waals surface area contributed by atoms with Gasteiger partial charge in [0, 0.05) is 5.56 Å². The number of carbonyl (C=O) groups is 2. The van der Waals surface area contributed by atoms with E-state index in [9.17, 15) is 18.0 Å². The maximum atomic E-state index is 11.4. The quantitative estimate of drug-likeness (QED) is 0.462. The van der Waals surface area contributed by atoms with Gasteiger partial charge in [-0.15, -0.1) is 11.3 Å². The molecular weight excluding hydrogens is 270 g/mol. The van der Waals surface area contributed by atoms with Gasteiger partial charge in [-0.3, -0.25) is 9.35 Å². The highest BCUT2D eigenvalue weighted by Gasteiger charge is 2.25. The van der Waals surface area contributed by atoms with Crippen molar-refractivity contribution in [2.75, 3.05) is 12.8 Å². The van der Waals surface area contributed by atoms with E-state index in [0.717, 1.165) is 18.4 Å². The third kappa shape index (κ3) is 3.02. The van der Waals surface area contributed by atoms with Crippen molar-refractivity contribution in [3.05, 3.63) is 16.0 Å². The van der Waals surface area contributed by atoms with E-state index in [2.05, 4.69) is 4.74 Å². The molecule has 17 heavy (non-hydrogen) atoms. The van der Waals surface area contributed by atoms with Crippen molar-refractivity contribution < 1.29 is 27.3 Å². The van der Waals surface area contributed by atoms with Crippen LogP contribution in [0.3, 0.4) is 0 Å². The summed E-state index contributed by atoms with van der Waals surface area (Å²) in [7, 11) is -3.28. The second-order valence-electron chi connectivity index (χ2n) is 3.02. The molecule has 0 saturated heterocycles. The summed E-state index contributed by atoms with van der Waals surface area (Å²) < 4.78 is 34.8. The largest absolute Gasteiger partial charge is 0.465 e. The summed E-state index contributed by atoms with van der Waals surface area (Å²) in [5, 5.41) is -0.0300. The molecule has 0 bridgehead atoms. The first-order valence-corrected chi connectivity index (χ1v) is 6.62. The molecule has 1 aromatic rings. The van der Waals surface area contributed by atoms with Gasteiger partial charge >= 0.3 is 5.97 Å². The van der Waals surface area contributed by atoms with E-state index in [1.807, 2.05) is 0 Å². The molecule has 7 nitrogen and oxygen atoms in total. The Balaban J connectivity index is 3.42. The van der Waals surface area contributed by atoms with Crippen LogP contribution < -0.4 is 5.73 Å². The number of methoxy groups -OCH3 is 1. The van der Waals surface area contributed by atoms with Gasteiger partial charge < -0.3 is 10.5 Å². The number of hydrogen-bond donors (Lipinski definition) is 2. The van der Waals surface area contributed by atoms with E-state index in [1.165, 1.54) is 0 Å². The number of nitrogens with two attached hydrogens (primary N) is 1. The van der Waals surface area contributed by atoms with Crippen LogP contribution in [-0.4, -0.2) is 32.3 Å². The number of rotatable bonds is 4. The number of aldehydes is 1. The molecule has 0 aliphatic carbocycles. The van der Waals surface area contributed by atoms with Crippen LogP contribution >= 0.6 is 11.3 Å². The van der Waals surface area contributed by atoms with Crippen LogP contribution in [0, 0.1) is 0 Å². The monoisotopic (exact) mass is 279 g/mol. The van der Waals surface area contributed by atoms with Gasteiger partial charge in [0.2, 0.25) is 0 Å². The molecule has 1 rings (SSSR count). The first-order chi connectivity index (χ1) is 7.80. The first-order valence-electron chi connectivity index (χ1n) is 4.20. The minimum Gasteiger partial charge on any atom is -0.465 e. The average Bonchev–Trinajstić information content (AvgIpc) is 2.51. The molecular formula is C8H9NO6S2. The van der Waals surface area contributed by atoms with Gasteiger partial charge in [-0.25, -0.2) is 4.79 Å². The van der Waals surface area contributed by atoms with E-state index in [0.29, 0.717) is 6.29 Å². The molecule has 0 spiro atoms. The highest BCUT2D eigenvalue weighted by Crippen LogP contribution is 2.31. The van der Waals surface area contributed by atoms with E-state index in [1.54, 1.807) is 0 Å². The van der Waals surface area contributed by atoms with Crippen LogP contribution in [-0.2, 0) is 20.6 Å².